The lowest BCUT2D eigenvalue weighted by molar-refractivity contribution is 0.499. The number of hydrogen-bond acceptors (Lipinski definition) is 1. The van der Waals surface area contributed by atoms with Crippen molar-refractivity contribution < 1.29 is 8.78 Å². The van der Waals surface area contributed by atoms with Crippen LogP contribution in [0.3, 0.4) is 0 Å². The molecule has 0 saturated heterocycles. The zero-order valence-electron chi connectivity index (χ0n) is 12.0. The van der Waals surface area contributed by atoms with E-state index in [9.17, 15) is 8.78 Å². The van der Waals surface area contributed by atoms with Crippen LogP contribution in [0.25, 0.3) is 0 Å². The molecule has 0 aliphatic heterocycles. The summed E-state index contributed by atoms with van der Waals surface area (Å²) in [4.78, 5) is 0. The van der Waals surface area contributed by atoms with Crippen molar-refractivity contribution in [3.05, 3.63) is 35.4 Å². The van der Waals surface area contributed by atoms with Gasteiger partial charge in [-0.2, -0.15) is 0 Å². The van der Waals surface area contributed by atoms with Crippen LogP contribution in [0.2, 0.25) is 0 Å². The minimum absolute atomic E-state index is 0.0729. The Balaban J connectivity index is 2.22. The van der Waals surface area contributed by atoms with Gasteiger partial charge in [-0.25, -0.2) is 8.78 Å². The second kappa shape index (κ2) is 9.03. The van der Waals surface area contributed by atoms with Crippen LogP contribution in [0, 0.1) is 11.6 Å². The van der Waals surface area contributed by atoms with Crippen molar-refractivity contribution in [2.45, 2.75) is 58.4 Å². The van der Waals surface area contributed by atoms with Gasteiger partial charge in [-0.05, 0) is 26.0 Å². The summed E-state index contributed by atoms with van der Waals surface area (Å²) in [7, 11) is 0. The molecular weight excluding hydrogens is 244 g/mol. The molecule has 1 atom stereocenters. The third kappa shape index (κ3) is 6.15. The summed E-state index contributed by atoms with van der Waals surface area (Å²) in [6, 6.07) is 3.69. The van der Waals surface area contributed by atoms with Crippen LogP contribution in [-0.2, 0) is 0 Å². The van der Waals surface area contributed by atoms with Crippen LogP contribution in [0.5, 0.6) is 0 Å². The van der Waals surface area contributed by atoms with Crippen molar-refractivity contribution in [1.29, 1.82) is 0 Å². The van der Waals surface area contributed by atoms with Gasteiger partial charge < -0.3 is 5.32 Å². The first kappa shape index (κ1) is 16.1. The molecule has 0 heterocycles. The van der Waals surface area contributed by atoms with Crippen LogP contribution < -0.4 is 5.32 Å². The molecule has 19 heavy (non-hydrogen) atoms. The van der Waals surface area contributed by atoms with Crippen LogP contribution in [0.1, 0.15) is 64.0 Å². The highest BCUT2D eigenvalue weighted by Gasteiger charge is 2.10. The number of halogens is 2. The molecule has 1 aromatic rings. The van der Waals surface area contributed by atoms with E-state index in [1.807, 2.05) is 6.92 Å². The lowest BCUT2D eigenvalue weighted by atomic mass is 10.1. The molecule has 0 amide bonds. The van der Waals surface area contributed by atoms with Crippen LogP contribution in [0.4, 0.5) is 8.78 Å². The van der Waals surface area contributed by atoms with Gasteiger partial charge in [0.2, 0.25) is 0 Å². The number of nitrogens with one attached hydrogen (secondary N) is 1. The third-order valence-electron chi connectivity index (χ3n) is 3.41. The summed E-state index contributed by atoms with van der Waals surface area (Å²) in [5.74, 6) is -0.993. The Morgan fingerprint density at radius 3 is 2.42 bits per heavy atom. The van der Waals surface area contributed by atoms with E-state index in [0.717, 1.165) is 19.0 Å². The van der Waals surface area contributed by atoms with Gasteiger partial charge in [-0.1, -0.05) is 45.1 Å². The molecule has 1 aromatic carbocycles. The van der Waals surface area contributed by atoms with Gasteiger partial charge in [-0.3, -0.25) is 0 Å². The zero-order chi connectivity index (χ0) is 14.1. The minimum atomic E-state index is -0.524. The van der Waals surface area contributed by atoms with Gasteiger partial charge >= 0.3 is 0 Å². The van der Waals surface area contributed by atoms with E-state index in [4.69, 9.17) is 0 Å². The molecular formula is C16H25F2N. The van der Waals surface area contributed by atoms with Gasteiger partial charge in [0.05, 0.1) is 0 Å². The van der Waals surface area contributed by atoms with E-state index in [2.05, 4.69) is 12.2 Å². The molecule has 0 bridgehead atoms. The summed E-state index contributed by atoms with van der Waals surface area (Å²) < 4.78 is 26.3. The largest absolute Gasteiger partial charge is 0.310 e. The highest BCUT2D eigenvalue weighted by Crippen LogP contribution is 2.17. The Morgan fingerprint density at radius 1 is 1.05 bits per heavy atom. The predicted molar refractivity (Wildman–Crippen MR) is 76.2 cm³/mol. The fraction of sp³-hybridized carbons (Fsp3) is 0.625. The summed E-state index contributed by atoms with van der Waals surface area (Å²) >= 11 is 0. The van der Waals surface area contributed by atoms with E-state index in [0.29, 0.717) is 5.56 Å². The van der Waals surface area contributed by atoms with Crippen molar-refractivity contribution in [2.24, 2.45) is 0 Å². The quantitative estimate of drug-likeness (QED) is 0.624. The SMILES string of the molecule is CCCCCCCCNC(C)c1ccc(F)cc1F. The number of benzene rings is 1. The summed E-state index contributed by atoms with van der Waals surface area (Å²) in [6.07, 6.45) is 7.47. The highest BCUT2D eigenvalue weighted by atomic mass is 19.1. The monoisotopic (exact) mass is 269 g/mol. The summed E-state index contributed by atoms with van der Waals surface area (Å²) in [5, 5.41) is 3.29. The molecule has 1 unspecified atom stereocenters. The number of rotatable bonds is 9. The van der Waals surface area contributed by atoms with Crippen molar-refractivity contribution in [3.63, 3.8) is 0 Å². The molecule has 1 N–H and O–H groups in total. The normalized spacial score (nSPS) is 12.6. The summed E-state index contributed by atoms with van der Waals surface area (Å²) in [5.41, 5.74) is 0.535. The zero-order valence-corrected chi connectivity index (χ0v) is 12.0. The minimum Gasteiger partial charge on any atom is -0.310 e. The second-order valence-electron chi connectivity index (χ2n) is 5.11. The molecule has 0 aromatic heterocycles. The molecule has 0 aliphatic rings. The number of unbranched alkanes of at least 4 members (excludes halogenated alkanes) is 5. The third-order valence-corrected chi connectivity index (χ3v) is 3.41. The van der Waals surface area contributed by atoms with Crippen molar-refractivity contribution >= 4 is 0 Å². The molecule has 0 spiro atoms. The molecule has 108 valence electrons. The Hall–Kier alpha value is -0.960. The van der Waals surface area contributed by atoms with Crippen LogP contribution in [-0.4, -0.2) is 6.54 Å². The molecule has 1 nitrogen and oxygen atoms in total. The van der Waals surface area contributed by atoms with Crippen molar-refractivity contribution in [1.82, 2.24) is 5.32 Å². The van der Waals surface area contributed by atoms with Gasteiger partial charge in [0.15, 0.2) is 0 Å². The standard InChI is InChI=1S/C16H25F2N/c1-3-4-5-6-7-8-11-19-13(2)15-10-9-14(17)12-16(15)18/h9-10,12-13,19H,3-8,11H2,1-2H3. The van der Waals surface area contributed by atoms with Crippen molar-refractivity contribution in [3.8, 4) is 0 Å². The summed E-state index contributed by atoms with van der Waals surface area (Å²) in [6.45, 7) is 5.00. The molecule has 0 saturated carbocycles. The van der Waals surface area contributed by atoms with E-state index < -0.39 is 11.6 Å². The maximum Gasteiger partial charge on any atom is 0.130 e. The Labute approximate surface area is 115 Å². The van der Waals surface area contributed by atoms with Crippen molar-refractivity contribution in [2.75, 3.05) is 6.54 Å². The second-order valence-corrected chi connectivity index (χ2v) is 5.11. The van der Waals surface area contributed by atoms with E-state index in [1.165, 1.54) is 44.2 Å². The maximum atomic E-state index is 13.5. The van der Waals surface area contributed by atoms with Crippen LogP contribution in [0.15, 0.2) is 18.2 Å². The first-order chi connectivity index (χ1) is 9.15. The average molecular weight is 269 g/mol. The van der Waals surface area contributed by atoms with Gasteiger partial charge in [0, 0.05) is 17.7 Å². The predicted octanol–water partition coefficient (Wildman–Crippen LogP) is 4.98. The fourth-order valence-electron chi connectivity index (χ4n) is 2.19. The number of hydrogen-bond donors (Lipinski definition) is 1. The first-order valence-electron chi connectivity index (χ1n) is 7.33. The van der Waals surface area contributed by atoms with Gasteiger partial charge in [-0.15, -0.1) is 0 Å². The molecule has 3 heteroatoms. The van der Waals surface area contributed by atoms with E-state index in [1.54, 1.807) is 0 Å². The van der Waals surface area contributed by atoms with E-state index >= 15 is 0 Å². The van der Waals surface area contributed by atoms with Gasteiger partial charge in [0.1, 0.15) is 11.6 Å². The smallest absolute Gasteiger partial charge is 0.130 e. The molecule has 1 rings (SSSR count). The fourth-order valence-corrected chi connectivity index (χ4v) is 2.19. The lowest BCUT2D eigenvalue weighted by Gasteiger charge is -2.15. The molecule has 0 aliphatic carbocycles. The topological polar surface area (TPSA) is 12.0 Å². The first-order valence-corrected chi connectivity index (χ1v) is 7.33. The molecule has 0 radical (unpaired) electrons. The van der Waals surface area contributed by atoms with E-state index in [-0.39, 0.29) is 6.04 Å². The van der Waals surface area contributed by atoms with Crippen LogP contribution >= 0.6 is 0 Å². The highest BCUT2D eigenvalue weighted by molar-refractivity contribution is 5.21. The molecule has 0 fully saturated rings. The van der Waals surface area contributed by atoms with Gasteiger partial charge in [0.25, 0.3) is 0 Å². The maximum absolute atomic E-state index is 13.5. The Morgan fingerprint density at radius 2 is 1.74 bits per heavy atom. The lowest BCUT2D eigenvalue weighted by Crippen LogP contribution is -2.20. The Kier molecular flexibility index (Phi) is 7.65. The Bertz CT molecular complexity index is 366. The average Bonchev–Trinajstić information content (AvgIpc) is 2.37.